The summed E-state index contributed by atoms with van der Waals surface area (Å²) in [5, 5.41) is 10.5. The van der Waals surface area contributed by atoms with Crippen molar-refractivity contribution in [2.75, 3.05) is 11.1 Å². The van der Waals surface area contributed by atoms with Gasteiger partial charge in [-0.2, -0.15) is 5.10 Å². The van der Waals surface area contributed by atoms with E-state index in [0.29, 0.717) is 11.6 Å². The summed E-state index contributed by atoms with van der Waals surface area (Å²) in [5.41, 5.74) is 5.21. The number of hydrogen-bond acceptors (Lipinski definition) is 4. The summed E-state index contributed by atoms with van der Waals surface area (Å²) in [6.45, 7) is 2.11. The molecule has 7 heteroatoms. The minimum absolute atomic E-state index is 0.0228. The van der Waals surface area contributed by atoms with Crippen LogP contribution in [0.2, 0.25) is 0 Å². The number of benzene rings is 1. The third kappa shape index (κ3) is 3.41. The van der Waals surface area contributed by atoms with Gasteiger partial charge >= 0.3 is 0 Å². The molecule has 1 unspecified atom stereocenters. The van der Waals surface area contributed by atoms with Crippen LogP contribution in [0.5, 0.6) is 0 Å². The highest BCUT2D eigenvalue weighted by Crippen LogP contribution is 2.43. The van der Waals surface area contributed by atoms with Gasteiger partial charge in [0.05, 0.1) is 17.1 Å². The Labute approximate surface area is 164 Å². The molecular formula is C19H17BrN4OS. The summed E-state index contributed by atoms with van der Waals surface area (Å²) in [5.74, 6) is 1.00. The van der Waals surface area contributed by atoms with E-state index in [-0.39, 0.29) is 11.2 Å². The normalized spacial score (nSPS) is 16.7. The molecule has 0 bridgehead atoms. The molecule has 0 saturated carbocycles. The van der Waals surface area contributed by atoms with Crippen LogP contribution in [0.3, 0.4) is 0 Å². The van der Waals surface area contributed by atoms with E-state index in [1.807, 2.05) is 18.2 Å². The van der Waals surface area contributed by atoms with Crippen molar-refractivity contribution in [1.29, 1.82) is 0 Å². The van der Waals surface area contributed by atoms with E-state index in [1.165, 1.54) is 11.1 Å². The molecule has 0 radical (unpaired) electrons. The Morgan fingerprint density at radius 1 is 1.31 bits per heavy atom. The van der Waals surface area contributed by atoms with E-state index >= 15 is 0 Å². The summed E-state index contributed by atoms with van der Waals surface area (Å²) in [6, 6.07) is 12.1. The molecule has 4 rings (SSSR count). The quantitative estimate of drug-likeness (QED) is 0.643. The van der Waals surface area contributed by atoms with E-state index in [4.69, 9.17) is 0 Å². The average molecular weight is 429 g/mol. The topological polar surface area (TPSA) is 70.7 Å². The molecule has 3 aromatic rings. The first-order valence-electron chi connectivity index (χ1n) is 8.28. The molecule has 0 saturated heterocycles. The summed E-state index contributed by atoms with van der Waals surface area (Å²) < 4.78 is 1.07. The Bertz CT molecular complexity index is 957. The number of aryl methyl sites for hydroxylation is 1. The van der Waals surface area contributed by atoms with Crippen molar-refractivity contribution in [2.24, 2.45) is 0 Å². The van der Waals surface area contributed by atoms with Gasteiger partial charge in [0.1, 0.15) is 0 Å². The fourth-order valence-corrected chi connectivity index (χ4v) is 4.74. The van der Waals surface area contributed by atoms with Crippen LogP contribution in [0, 0.1) is 6.92 Å². The van der Waals surface area contributed by atoms with E-state index < -0.39 is 0 Å². The van der Waals surface area contributed by atoms with Gasteiger partial charge in [-0.3, -0.25) is 14.9 Å². The van der Waals surface area contributed by atoms with Gasteiger partial charge in [-0.1, -0.05) is 28.1 Å². The number of rotatable bonds is 3. The van der Waals surface area contributed by atoms with Crippen LogP contribution in [-0.4, -0.2) is 26.8 Å². The molecule has 1 amide bonds. The number of thioether (sulfide) groups is 1. The van der Waals surface area contributed by atoms with Gasteiger partial charge in [0.25, 0.3) is 0 Å². The summed E-state index contributed by atoms with van der Waals surface area (Å²) >= 11 is 5.16. The Balaban J connectivity index is 1.77. The van der Waals surface area contributed by atoms with Crippen molar-refractivity contribution in [3.63, 3.8) is 0 Å². The van der Waals surface area contributed by atoms with Gasteiger partial charge in [-0.25, -0.2) is 0 Å². The fourth-order valence-electron chi connectivity index (χ4n) is 3.14. The maximum absolute atomic E-state index is 12.1. The summed E-state index contributed by atoms with van der Waals surface area (Å²) in [4.78, 5) is 16.5. The zero-order chi connectivity index (χ0) is 18.1. The highest BCUT2D eigenvalue weighted by atomic mass is 79.9. The van der Waals surface area contributed by atoms with E-state index in [0.717, 1.165) is 27.8 Å². The lowest BCUT2D eigenvalue weighted by Crippen LogP contribution is -2.12. The van der Waals surface area contributed by atoms with E-state index in [2.05, 4.69) is 61.6 Å². The Morgan fingerprint density at radius 3 is 2.96 bits per heavy atom. The predicted octanol–water partition coefficient (Wildman–Crippen LogP) is 4.51. The van der Waals surface area contributed by atoms with Crippen molar-refractivity contribution in [3.8, 4) is 11.4 Å². The number of halogens is 1. The van der Waals surface area contributed by atoms with Gasteiger partial charge in [-0.15, -0.1) is 11.8 Å². The first-order chi connectivity index (χ1) is 12.6. The molecule has 26 heavy (non-hydrogen) atoms. The molecule has 1 aromatic carbocycles. The van der Waals surface area contributed by atoms with Crippen LogP contribution in [0.1, 0.15) is 21.9 Å². The van der Waals surface area contributed by atoms with Crippen LogP contribution in [0.4, 0.5) is 5.82 Å². The van der Waals surface area contributed by atoms with Crippen molar-refractivity contribution in [2.45, 2.75) is 18.6 Å². The summed E-state index contributed by atoms with van der Waals surface area (Å²) in [7, 11) is 0. The number of hydrogen-bond donors (Lipinski definition) is 2. The van der Waals surface area contributed by atoms with Crippen molar-refractivity contribution in [1.82, 2.24) is 15.2 Å². The SMILES string of the molecule is Cc1cc(Br)ccc1CC1SCC(=O)Nc2n[nH]c(-c3ccccn3)c21. The smallest absolute Gasteiger partial charge is 0.235 e. The number of anilines is 1. The van der Waals surface area contributed by atoms with Gasteiger partial charge in [0, 0.05) is 21.5 Å². The number of carbonyl (C=O) groups excluding carboxylic acids is 1. The maximum Gasteiger partial charge on any atom is 0.235 e. The van der Waals surface area contributed by atoms with E-state index in [1.54, 1.807) is 18.0 Å². The number of aromatic amines is 1. The van der Waals surface area contributed by atoms with Crippen molar-refractivity contribution in [3.05, 3.63) is 63.8 Å². The number of aromatic nitrogens is 3. The monoisotopic (exact) mass is 428 g/mol. The summed E-state index contributed by atoms with van der Waals surface area (Å²) in [6.07, 6.45) is 2.59. The molecule has 1 aliphatic heterocycles. The van der Waals surface area contributed by atoms with Gasteiger partial charge < -0.3 is 5.32 Å². The largest absolute Gasteiger partial charge is 0.308 e. The number of pyridine rings is 1. The van der Waals surface area contributed by atoms with Gasteiger partial charge in [0.2, 0.25) is 5.91 Å². The Hall–Kier alpha value is -2.12. The number of amides is 1. The second-order valence-corrected chi connectivity index (χ2v) is 8.31. The van der Waals surface area contributed by atoms with Crippen LogP contribution in [-0.2, 0) is 11.2 Å². The van der Waals surface area contributed by atoms with Crippen molar-refractivity contribution >= 4 is 39.4 Å². The molecular weight excluding hydrogens is 412 g/mol. The molecule has 5 nitrogen and oxygen atoms in total. The Kier molecular flexibility index (Phi) is 4.82. The zero-order valence-electron chi connectivity index (χ0n) is 14.1. The lowest BCUT2D eigenvalue weighted by molar-refractivity contribution is -0.113. The molecule has 3 heterocycles. The Morgan fingerprint density at radius 2 is 2.19 bits per heavy atom. The number of carbonyl (C=O) groups is 1. The van der Waals surface area contributed by atoms with E-state index in [9.17, 15) is 4.79 Å². The number of nitrogens with zero attached hydrogens (tertiary/aromatic N) is 2. The second kappa shape index (κ2) is 7.25. The molecule has 132 valence electrons. The minimum Gasteiger partial charge on any atom is -0.308 e. The zero-order valence-corrected chi connectivity index (χ0v) is 16.5. The number of H-pyrrole nitrogens is 1. The van der Waals surface area contributed by atoms with Gasteiger partial charge in [-0.05, 0) is 48.7 Å². The third-order valence-electron chi connectivity index (χ3n) is 4.43. The predicted molar refractivity (Wildman–Crippen MR) is 108 cm³/mol. The maximum atomic E-state index is 12.1. The molecule has 0 aliphatic carbocycles. The molecule has 0 spiro atoms. The van der Waals surface area contributed by atoms with Crippen LogP contribution >= 0.6 is 27.7 Å². The number of fused-ring (bicyclic) bond motifs is 1. The minimum atomic E-state index is -0.0228. The van der Waals surface area contributed by atoms with Crippen LogP contribution < -0.4 is 5.32 Å². The standard InChI is InChI=1S/C19H17BrN4OS/c1-11-8-13(20)6-5-12(11)9-15-17-18(14-4-2-3-7-21-14)23-24-19(17)22-16(25)10-26-15/h2-8,15H,9-10H2,1H3,(H2,22,23,24,25). The van der Waals surface area contributed by atoms with Crippen LogP contribution in [0.15, 0.2) is 47.1 Å². The first kappa shape index (κ1) is 17.3. The lowest BCUT2D eigenvalue weighted by Gasteiger charge is -2.17. The highest BCUT2D eigenvalue weighted by molar-refractivity contribution is 9.10. The second-order valence-electron chi connectivity index (χ2n) is 6.20. The molecule has 1 atom stereocenters. The van der Waals surface area contributed by atoms with Crippen LogP contribution in [0.25, 0.3) is 11.4 Å². The fraction of sp³-hybridized carbons (Fsp3) is 0.211. The third-order valence-corrected chi connectivity index (χ3v) is 6.16. The average Bonchev–Trinajstić information content (AvgIpc) is 2.97. The molecule has 1 aliphatic rings. The van der Waals surface area contributed by atoms with Crippen molar-refractivity contribution < 1.29 is 4.79 Å². The molecule has 2 N–H and O–H groups in total. The van der Waals surface area contributed by atoms with Gasteiger partial charge in [0.15, 0.2) is 5.82 Å². The lowest BCUT2D eigenvalue weighted by atomic mass is 9.99. The number of nitrogens with one attached hydrogen (secondary N) is 2. The first-order valence-corrected chi connectivity index (χ1v) is 10.1. The molecule has 2 aromatic heterocycles. The molecule has 0 fully saturated rings. The highest BCUT2D eigenvalue weighted by Gasteiger charge is 2.29.